The Morgan fingerprint density at radius 1 is 0.241 bits per heavy atom. The Bertz CT molecular complexity index is 2990. The highest BCUT2D eigenvalue weighted by Crippen LogP contribution is 2.52. The molecular formula is C54H40. The van der Waals surface area contributed by atoms with Crippen LogP contribution in [-0.2, 0) is 10.8 Å². The second-order valence-corrected chi connectivity index (χ2v) is 16.5. The van der Waals surface area contributed by atoms with Gasteiger partial charge in [0.15, 0.2) is 0 Å². The van der Waals surface area contributed by atoms with Crippen LogP contribution < -0.4 is 0 Å². The highest BCUT2D eigenvalue weighted by atomic mass is 14.4. The Kier molecular flexibility index (Phi) is 6.46. The molecule has 0 spiro atoms. The summed E-state index contributed by atoms with van der Waals surface area (Å²) >= 11 is 0. The summed E-state index contributed by atoms with van der Waals surface area (Å²) in [6.45, 7) is 9.51. The molecule has 0 saturated heterocycles. The third-order valence-corrected chi connectivity index (χ3v) is 12.9. The van der Waals surface area contributed by atoms with Crippen LogP contribution in [0, 0.1) is 0 Å². The molecule has 0 saturated carbocycles. The molecule has 0 atom stereocenters. The first kappa shape index (κ1) is 31.3. The maximum atomic E-state index is 2.45. The van der Waals surface area contributed by atoms with E-state index < -0.39 is 0 Å². The monoisotopic (exact) mass is 688 g/mol. The van der Waals surface area contributed by atoms with E-state index >= 15 is 0 Å². The molecule has 0 aliphatic heterocycles. The van der Waals surface area contributed by atoms with Gasteiger partial charge in [-0.05, 0) is 134 Å². The van der Waals surface area contributed by atoms with Crippen LogP contribution in [0.4, 0.5) is 0 Å². The van der Waals surface area contributed by atoms with Gasteiger partial charge in [-0.15, -0.1) is 0 Å². The van der Waals surface area contributed by atoms with Gasteiger partial charge in [-0.3, -0.25) is 0 Å². The Balaban J connectivity index is 0.923. The Morgan fingerprint density at radius 2 is 0.556 bits per heavy atom. The molecule has 0 fully saturated rings. The number of hydrogen-bond acceptors (Lipinski definition) is 0. The molecule has 256 valence electrons. The summed E-state index contributed by atoms with van der Waals surface area (Å²) in [5.74, 6) is 0. The molecule has 2 aliphatic carbocycles. The van der Waals surface area contributed by atoms with Crippen LogP contribution in [0.25, 0.3) is 88.0 Å². The molecule has 9 aromatic carbocycles. The SMILES string of the molecule is CC1(C)c2ccccc2-c2ccc(-c3ccc4c(c3)C(C)(C)c3cc(-c5ccc(-c6ccc7c8ccccc8c8ccccc8c7c6)cc5)ccc3-4)cc21. The molecule has 0 unspecified atom stereocenters. The van der Waals surface area contributed by atoms with E-state index in [0.29, 0.717) is 0 Å². The average molecular weight is 689 g/mol. The van der Waals surface area contributed by atoms with Crippen molar-refractivity contribution in [3.63, 3.8) is 0 Å². The molecule has 2 aliphatic rings. The zero-order valence-electron chi connectivity index (χ0n) is 31.2. The summed E-state index contributed by atoms with van der Waals surface area (Å²) in [6.07, 6.45) is 0. The lowest BCUT2D eigenvalue weighted by Gasteiger charge is -2.23. The fourth-order valence-corrected chi connectivity index (χ4v) is 9.92. The van der Waals surface area contributed by atoms with E-state index in [9.17, 15) is 0 Å². The summed E-state index contributed by atoms with van der Waals surface area (Å²) in [6, 6.07) is 63.9. The summed E-state index contributed by atoms with van der Waals surface area (Å²) in [4.78, 5) is 0. The lowest BCUT2D eigenvalue weighted by molar-refractivity contribution is 0.659. The van der Waals surface area contributed by atoms with Gasteiger partial charge < -0.3 is 0 Å². The summed E-state index contributed by atoms with van der Waals surface area (Å²) < 4.78 is 0. The predicted octanol–water partition coefficient (Wildman–Crippen LogP) is 14.8. The lowest BCUT2D eigenvalue weighted by atomic mass is 9.80. The molecule has 9 aromatic rings. The molecule has 0 heterocycles. The predicted molar refractivity (Wildman–Crippen MR) is 230 cm³/mol. The topological polar surface area (TPSA) is 0 Å². The van der Waals surface area contributed by atoms with Crippen molar-refractivity contribution in [2.24, 2.45) is 0 Å². The Morgan fingerprint density at radius 3 is 1.06 bits per heavy atom. The number of hydrogen-bond donors (Lipinski definition) is 0. The molecule has 0 amide bonds. The minimum absolute atomic E-state index is 0.0114. The second-order valence-electron chi connectivity index (χ2n) is 16.5. The van der Waals surface area contributed by atoms with E-state index in [-0.39, 0.29) is 10.8 Å². The Labute approximate surface area is 317 Å². The Hall–Kier alpha value is -6.24. The zero-order chi connectivity index (χ0) is 36.3. The smallest absolute Gasteiger partial charge is 0.0159 e. The second kappa shape index (κ2) is 11.1. The van der Waals surface area contributed by atoms with Crippen LogP contribution >= 0.6 is 0 Å². The molecule has 0 radical (unpaired) electrons. The van der Waals surface area contributed by atoms with Gasteiger partial charge in [0.2, 0.25) is 0 Å². The van der Waals surface area contributed by atoms with E-state index in [4.69, 9.17) is 0 Å². The maximum Gasteiger partial charge on any atom is 0.0159 e. The van der Waals surface area contributed by atoms with Crippen molar-refractivity contribution in [3.05, 3.63) is 192 Å². The lowest BCUT2D eigenvalue weighted by Crippen LogP contribution is -2.15. The molecule has 0 nitrogen and oxygen atoms in total. The average Bonchev–Trinajstić information content (AvgIpc) is 3.59. The first-order valence-electron chi connectivity index (χ1n) is 19.3. The standard InChI is InChI=1S/C54H40/c1-53(2)49-16-10-9-15-44(49)45-27-23-37(31-50(45)53)38-24-28-47-46-26-22-36(30-51(46)54(3,4)52(47)32-38)34-19-17-33(18-20-34)35-21-25-43-41-13-6-5-11-39(41)40-12-7-8-14-42(40)48(43)29-35/h5-32H,1-4H3. The highest BCUT2D eigenvalue weighted by Gasteiger charge is 2.37. The molecule has 0 aromatic heterocycles. The van der Waals surface area contributed by atoms with Gasteiger partial charge in [0.25, 0.3) is 0 Å². The van der Waals surface area contributed by atoms with Gasteiger partial charge in [-0.1, -0.05) is 173 Å². The summed E-state index contributed by atoms with van der Waals surface area (Å²) in [7, 11) is 0. The molecule has 0 N–H and O–H groups in total. The van der Waals surface area contributed by atoms with Crippen LogP contribution in [0.15, 0.2) is 170 Å². The fourth-order valence-electron chi connectivity index (χ4n) is 9.92. The number of benzene rings is 9. The van der Waals surface area contributed by atoms with Crippen LogP contribution in [0.2, 0.25) is 0 Å². The third kappa shape index (κ3) is 4.37. The van der Waals surface area contributed by atoms with Crippen molar-refractivity contribution >= 4 is 32.3 Å². The van der Waals surface area contributed by atoms with Crippen LogP contribution in [0.5, 0.6) is 0 Å². The minimum Gasteiger partial charge on any atom is -0.0619 e. The quantitative estimate of drug-likeness (QED) is 0.162. The van der Waals surface area contributed by atoms with Crippen LogP contribution in [0.1, 0.15) is 49.9 Å². The molecule has 54 heavy (non-hydrogen) atoms. The van der Waals surface area contributed by atoms with Gasteiger partial charge in [0, 0.05) is 10.8 Å². The van der Waals surface area contributed by atoms with E-state index in [1.165, 1.54) is 110 Å². The molecule has 0 heteroatoms. The first-order chi connectivity index (χ1) is 26.3. The molecule has 0 bridgehead atoms. The third-order valence-electron chi connectivity index (χ3n) is 12.9. The van der Waals surface area contributed by atoms with Crippen molar-refractivity contribution in [2.75, 3.05) is 0 Å². The summed E-state index contributed by atoms with van der Waals surface area (Å²) in [5, 5.41) is 7.85. The fraction of sp³-hybridized carbons (Fsp3) is 0.111. The van der Waals surface area contributed by atoms with Crippen LogP contribution in [-0.4, -0.2) is 0 Å². The van der Waals surface area contributed by atoms with E-state index in [1.807, 2.05) is 0 Å². The van der Waals surface area contributed by atoms with Crippen molar-refractivity contribution in [1.82, 2.24) is 0 Å². The van der Waals surface area contributed by atoms with Gasteiger partial charge in [0.1, 0.15) is 0 Å². The summed E-state index contributed by atoms with van der Waals surface area (Å²) in [5.41, 5.74) is 18.5. The van der Waals surface area contributed by atoms with E-state index in [0.717, 1.165) is 0 Å². The number of rotatable bonds is 3. The van der Waals surface area contributed by atoms with E-state index in [1.54, 1.807) is 0 Å². The van der Waals surface area contributed by atoms with Gasteiger partial charge in [-0.2, -0.15) is 0 Å². The first-order valence-corrected chi connectivity index (χ1v) is 19.3. The van der Waals surface area contributed by atoms with Gasteiger partial charge >= 0.3 is 0 Å². The highest BCUT2D eigenvalue weighted by molar-refractivity contribution is 6.25. The van der Waals surface area contributed by atoms with Crippen molar-refractivity contribution in [2.45, 2.75) is 38.5 Å². The maximum absolute atomic E-state index is 2.45. The minimum atomic E-state index is -0.110. The normalized spacial score (nSPS) is 14.6. The van der Waals surface area contributed by atoms with Crippen LogP contribution in [0.3, 0.4) is 0 Å². The van der Waals surface area contributed by atoms with Crippen molar-refractivity contribution in [1.29, 1.82) is 0 Å². The zero-order valence-corrected chi connectivity index (χ0v) is 31.2. The molecular weight excluding hydrogens is 649 g/mol. The van der Waals surface area contributed by atoms with E-state index in [2.05, 4.69) is 198 Å². The molecule has 11 rings (SSSR count). The number of fused-ring (bicyclic) bond motifs is 12. The van der Waals surface area contributed by atoms with Crippen molar-refractivity contribution in [3.8, 4) is 55.6 Å². The van der Waals surface area contributed by atoms with Crippen molar-refractivity contribution < 1.29 is 0 Å². The van der Waals surface area contributed by atoms with Gasteiger partial charge in [-0.25, -0.2) is 0 Å². The van der Waals surface area contributed by atoms with Gasteiger partial charge in [0.05, 0.1) is 0 Å². The largest absolute Gasteiger partial charge is 0.0619 e.